The zero-order chi connectivity index (χ0) is 12.0. The van der Waals surface area contributed by atoms with Gasteiger partial charge in [-0.05, 0) is 51.3 Å². The SMILES string of the molecule is C=C/C=C(\C)C(=C(C)C)/C(C)=C/C(C)O. The molecule has 0 aromatic heterocycles. The van der Waals surface area contributed by atoms with Gasteiger partial charge in [-0.2, -0.15) is 0 Å². The molecule has 1 nitrogen and oxygen atoms in total. The number of aliphatic hydroxyl groups is 1. The van der Waals surface area contributed by atoms with Gasteiger partial charge in [0, 0.05) is 0 Å². The Bertz CT molecular complexity index is 310. The van der Waals surface area contributed by atoms with Gasteiger partial charge in [-0.15, -0.1) is 0 Å². The molecule has 0 fully saturated rings. The van der Waals surface area contributed by atoms with Gasteiger partial charge in [0.2, 0.25) is 0 Å². The molecule has 0 saturated heterocycles. The van der Waals surface area contributed by atoms with Crippen LogP contribution in [0.2, 0.25) is 0 Å². The van der Waals surface area contributed by atoms with Crippen LogP contribution in [0.1, 0.15) is 34.6 Å². The number of hydrogen-bond donors (Lipinski definition) is 1. The first kappa shape index (κ1) is 13.9. The molecule has 0 saturated carbocycles. The normalized spacial score (nSPS) is 14.8. The second-order valence-corrected chi connectivity index (χ2v) is 4.05. The van der Waals surface area contributed by atoms with E-state index >= 15 is 0 Å². The molecule has 0 aromatic carbocycles. The Labute approximate surface area is 93.5 Å². The summed E-state index contributed by atoms with van der Waals surface area (Å²) in [6.45, 7) is 13.7. The first-order chi connectivity index (χ1) is 6.90. The van der Waals surface area contributed by atoms with Crippen molar-refractivity contribution in [3.05, 3.63) is 47.1 Å². The van der Waals surface area contributed by atoms with E-state index in [1.807, 2.05) is 19.1 Å². The van der Waals surface area contributed by atoms with Gasteiger partial charge in [-0.1, -0.05) is 30.4 Å². The van der Waals surface area contributed by atoms with E-state index in [9.17, 15) is 5.11 Å². The summed E-state index contributed by atoms with van der Waals surface area (Å²) in [6, 6.07) is 0. The summed E-state index contributed by atoms with van der Waals surface area (Å²) in [4.78, 5) is 0. The Morgan fingerprint density at radius 1 is 1.13 bits per heavy atom. The monoisotopic (exact) mass is 206 g/mol. The minimum Gasteiger partial charge on any atom is -0.389 e. The van der Waals surface area contributed by atoms with E-state index in [1.54, 1.807) is 13.0 Å². The smallest absolute Gasteiger partial charge is 0.0698 e. The summed E-state index contributed by atoms with van der Waals surface area (Å²) >= 11 is 0. The van der Waals surface area contributed by atoms with Crippen molar-refractivity contribution in [1.29, 1.82) is 0 Å². The fourth-order valence-corrected chi connectivity index (χ4v) is 1.80. The van der Waals surface area contributed by atoms with Gasteiger partial charge in [-0.3, -0.25) is 0 Å². The average Bonchev–Trinajstić information content (AvgIpc) is 2.01. The van der Waals surface area contributed by atoms with Crippen molar-refractivity contribution in [2.75, 3.05) is 0 Å². The van der Waals surface area contributed by atoms with Gasteiger partial charge in [0.25, 0.3) is 0 Å². The van der Waals surface area contributed by atoms with E-state index in [-0.39, 0.29) is 0 Å². The maximum atomic E-state index is 9.33. The number of allylic oxidation sites excluding steroid dienone is 6. The minimum absolute atomic E-state index is 0.407. The lowest BCUT2D eigenvalue weighted by atomic mass is 9.94. The van der Waals surface area contributed by atoms with E-state index in [2.05, 4.69) is 27.4 Å². The van der Waals surface area contributed by atoms with Crippen LogP contribution in [0.25, 0.3) is 0 Å². The maximum absolute atomic E-state index is 9.33. The number of hydrogen-bond acceptors (Lipinski definition) is 1. The molecule has 1 unspecified atom stereocenters. The topological polar surface area (TPSA) is 20.2 Å². The summed E-state index contributed by atoms with van der Waals surface area (Å²) in [5.41, 5.74) is 4.75. The van der Waals surface area contributed by atoms with Gasteiger partial charge in [0.15, 0.2) is 0 Å². The molecule has 1 heteroatoms. The third-order valence-corrected chi connectivity index (χ3v) is 2.15. The highest BCUT2D eigenvalue weighted by Crippen LogP contribution is 2.23. The molecule has 0 aromatic rings. The molecular formula is C14H22O. The predicted octanol–water partition coefficient (Wildman–Crippen LogP) is 3.78. The van der Waals surface area contributed by atoms with Crippen LogP contribution in [-0.2, 0) is 0 Å². The van der Waals surface area contributed by atoms with Crippen LogP contribution in [0.15, 0.2) is 47.1 Å². The molecule has 0 rings (SSSR count). The quantitative estimate of drug-likeness (QED) is 0.694. The van der Waals surface area contributed by atoms with Crippen LogP contribution >= 0.6 is 0 Å². The standard InChI is InChI=1S/C14H22O/c1-7-8-11(4)14(10(2)3)12(5)9-13(6)15/h7-9,13,15H,1H2,2-6H3/b11-8+,12-9+. The Morgan fingerprint density at radius 3 is 2.00 bits per heavy atom. The molecule has 0 amide bonds. The molecule has 0 aliphatic carbocycles. The van der Waals surface area contributed by atoms with E-state index < -0.39 is 6.10 Å². The number of aliphatic hydroxyl groups excluding tert-OH is 1. The second-order valence-electron chi connectivity index (χ2n) is 4.05. The molecule has 0 aliphatic rings. The first-order valence-electron chi connectivity index (χ1n) is 5.24. The molecule has 0 heterocycles. The van der Waals surface area contributed by atoms with Crippen LogP contribution in [0, 0.1) is 0 Å². The lowest BCUT2D eigenvalue weighted by molar-refractivity contribution is 0.243. The molecule has 0 radical (unpaired) electrons. The Morgan fingerprint density at radius 2 is 1.67 bits per heavy atom. The maximum Gasteiger partial charge on any atom is 0.0698 e. The third-order valence-electron chi connectivity index (χ3n) is 2.15. The summed E-state index contributed by atoms with van der Waals surface area (Å²) in [5.74, 6) is 0. The molecule has 0 bridgehead atoms. The van der Waals surface area contributed by atoms with Gasteiger partial charge in [0.05, 0.1) is 6.10 Å². The van der Waals surface area contributed by atoms with Crippen molar-refractivity contribution < 1.29 is 5.11 Å². The zero-order valence-corrected chi connectivity index (χ0v) is 10.5. The molecule has 84 valence electrons. The van der Waals surface area contributed by atoms with Crippen LogP contribution in [-0.4, -0.2) is 11.2 Å². The first-order valence-corrected chi connectivity index (χ1v) is 5.24. The highest BCUT2D eigenvalue weighted by Gasteiger charge is 2.05. The predicted molar refractivity (Wildman–Crippen MR) is 67.8 cm³/mol. The van der Waals surface area contributed by atoms with Crippen LogP contribution < -0.4 is 0 Å². The van der Waals surface area contributed by atoms with E-state index in [0.29, 0.717) is 0 Å². The zero-order valence-electron chi connectivity index (χ0n) is 10.5. The fraction of sp³-hybridized carbons (Fsp3) is 0.429. The lowest BCUT2D eigenvalue weighted by Crippen LogP contribution is -1.98. The summed E-state index contributed by atoms with van der Waals surface area (Å²) in [6.07, 6.45) is 5.23. The van der Waals surface area contributed by atoms with Gasteiger partial charge in [0.1, 0.15) is 0 Å². The fourth-order valence-electron chi connectivity index (χ4n) is 1.80. The highest BCUT2D eigenvalue weighted by atomic mass is 16.3. The highest BCUT2D eigenvalue weighted by molar-refractivity contribution is 5.48. The van der Waals surface area contributed by atoms with Crippen molar-refractivity contribution >= 4 is 0 Å². The van der Waals surface area contributed by atoms with Crippen molar-refractivity contribution in [1.82, 2.24) is 0 Å². The van der Waals surface area contributed by atoms with E-state index in [4.69, 9.17) is 0 Å². The van der Waals surface area contributed by atoms with Crippen molar-refractivity contribution in [2.45, 2.75) is 40.7 Å². The van der Waals surface area contributed by atoms with Gasteiger partial charge >= 0.3 is 0 Å². The minimum atomic E-state index is -0.407. The molecule has 1 N–H and O–H groups in total. The summed E-state index contributed by atoms with van der Waals surface area (Å²) < 4.78 is 0. The molecule has 0 aliphatic heterocycles. The summed E-state index contributed by atoms with van der Waals surface area (Å²) in [7, 11) is 0. The van der Waals surface area contributed by atoms with Crippen molar-refractivity contribution in [3.8, 4) is 0 Å². The van der Waals surface area contributed by atoms with E-state index in [1.165, 1.54) is 16.7 Å². The van der Waals surface area contributed by atoms with Gasteiger partial charge in [-0.25, -0.2) is 0 Å². The average molecular weight is 206 g/mol. The Balaban J connectivity index is 5.29. The van der Waals surface area contributed by atoms with E-state index in [0.717, 1.165) is 5.57 Å². The third kappa shape index (κ3) is 4.80. The lowest BCUT2D eigenvalue weighted by Gasteiger charge is -2.12. The van der Waals surface area contributed by atoms with Crippen molar-refractivity contribution in [3.63, 3.8) is 0 Å². The largest absolute Gasteiger partial charge is 0.389 e. The van der Waals surface area contributed by atoms with Crippen LogP contribution in [0.3, 0.4) is 0 Å². The van der Waals surface area contributed by atoms with Crippen molar-refractivity contribution in [2.24, 2.45) is 0 Å². The van der Waals surface area contributed by atoms with Crippen LogP contribution in [0.5, 0.6) is 0 Å². The number of rotatable bonds is 4. The molecule has 0 spiro atoms. The van der Waals surface area contributed by atoms with Crippen LogP contribution in [0.4, 0.5) is 0 Å². The Hall–Kier alpha value is -1.08. The second kappa shape index (κ2) is 6.41. The molecule has 15 heavy (non-hydrogen) atoms. The molecule has 1 atom stereocenters. The molecular weight excluding hydrogens is 184 g/mol. The summed E-state index contributed by atoms with van der Waals surface area (Å²) in [5, 5.41) is 9.33. The van der Waals surface area contributed by atoms with Gasteiger partial charge < -0.3 is 5.11 Å². The Kier molecular flexibility index (Phi) is 5.95.